The van der Waals surface area contributed by atoms with Crippen LogP contribution in [0.15, 0.2) is 0 Å². The molecule has 4 saturated carbocycles. The second kappa shape index (κ2) is 4.92. The lowest BCUT2D eigenvalue weighted by Gasteiger charge is -2.55. The fourth-order valence-electron chi connectivity index (χ4n) is 5.48. The molecule has 108 valence electrons. The smallest absolute Gasteiger partial charge is 0.240 e. The third-order valence-electron chi connectivity index (χ3n) is 5.89. The van der Waals surface area contributed by atoms with Gasteiger partial charge in [0.2, 0.25) is 5.91 Å². The molecule has 0 atom stereocenters. The first-order valence-electron chi connectivity index (χ1n) is 7.80. The molecule has 1 saturated heterocycles. The molecule has 4 aliphatic carbocycles. The summed E-state index contributed by atoms with van der Waals surface area (Å²) in [5, 5.41) is 2.15. The largest absolute Gasteiger partial charge is 0.288 e. The normalized spacial score (nSPS) is 44.1. The third kappa shape index (κ3) is 2.29. The molecule has 0 radical (unpaired) electrons. The molecule has 0 spiro atoms. The van der Waals surface area contributed by atoms with Crippen molar-refractivity contribution in [3.05, 3.63) is 0 Å². The lowest BCUT2D eigenvalue weighted by molar-refractivity contribution is -0.151. The first-order valence-corrected chi connectivity index (χ1v) is 7.80. The molecule has 3 nitrogen and oxygen atoms in total. The lowest BCUT2D eigenvalue weighted by Crippen LogP contribution is -2.56. The van der Waals surface area contributed by atoms with E-state index in [1.807, 2.05) is 0 Å². The summed E-state index contributed by atoms with van der Waals surface area (Å²) in [6.45, 7) is 2.11. The van der Waals surface area contributed by atoms with Gasteiger partial charge in [-0.3, -0.25) is 10.2 Å². The molecule has 4 bridgehead atoms. The van der Waals surface area contributed by atoms with Crippen molar-refractivity contribution in [3.63, 3.8) is 0 Å². The molecule has 19 heavy (non-hydrogen) atoms. The molecule has 1 N–H and O–H groups in total. The number of halogens is 1. The lowest BCUT2D eigenvalue weighted by atomic mass is 9.49. The van der Waals surface area contributed by atoms with Crippen LogP contribution in [0.4, 0.5) is 0 Å². The Morgan fingerprint density at radius 1 is 0.947 bits per heavy atom. The summed E-state index contributed by atoms with van der Waals surface area (Å²) >= 11 is 0. The molecule has 4 heteroatoms. The van der Waals surface area contributed by atoms with Crippen LogP contribution in [-0.4, -0.2) is 24.0 Å². The fraction of sp³-hybridized carbons (Fsp3) is 0.933. The van der Waals surface area contributed by atoms with E-state index in [-0.39, 0.29) is 17.8 Å². The van der Waals surface area contributed by atoms with E-state index in [0.29, 0.717) is 5.91 Å². The molecule has 5 rings (SSSR count). The molecule has 0 aromatic rings. The zero-order valence-electron chi connectivity index (χ0n) is 11.6. The van der Waals surface area contributed by atoms with E-state index in [0.717, 1.165) is 30.8 Å². The van der Waals surface area contributed by atoms with Crippen LogP contribution >= 0.6 is 12.4 Å². The molecule has 1 heterocycles. The molecule has 0 aromatic carbocycles. The number of hydrazine groups is 1. The van der Waals surface area contributed by atoms with E-state index in [4.69, 9.17) is 0 Å². The zero-order valence-corrected chi connectivity index (χ0v) is 12.4. The van der Waals surface area contributed by atoms with E-state index in [1.54, 1.807) is 0 Å². The number of nitrogens with zero attached hydrogens (tertiary/aromatic N) is 1. The predicted octanol–water partition coefficient (Wildman–Crippen LogP) is 2.75. The van der Waals surface area contributed by atoms with E-state index >= 15 is 0 Å². The average molecular weight is 285 g/mol. The summed E-state index contributed by atoms with van der Waals surface area (Å²) in [7, 11) is 0. The zero-order chi connectivity index (χ0) is 12.2. The Morgan fingerprint density at radius 2 is 1.42 bits per heavy atom. The number of carbonyl (C=O) groups excluding carboxylic acids is 1. The Kier molecular flexibility index (Phi) is 3.55. The summed E-state index contributed by atoms with van der Waals surface area (Å²) in [5.74, 6) is 2.95. The Hall–Kier alpha value is -0.280. The van der Waals surface area contributed by atoms with E-state index < -0.39 is 0 Å². The number of carbonyl (C=O) groups is 1. The van der Waals surface area contributed by atoms with Gasteiger partial charge in [0.05, 0.1) is 5.41 Å². The average Bonchev–Trinajstić information content (AvgIpc) is 2.79. The maximum atomic E-state index is 12.7. The third-order valence-corrected chi connectivity index (χ3v) is 5.89. The highest BCUT2D eigenvalue weighted by Crippen LogP contribution is 2.60. The quantitative estimate of drug-likeness (QED) is 0.846. The van der Waals surface area contributed by atoms with Crippen molar-refractivity contribution in [1.82, 2.24) is 10.4 Å². The SMILES string of the molecule is Cl.O=C(NN1CCCC1)C12CC3CC(CC(C3)C1)C2. The van der Waals surface area contributed by atoms with Gasteiger partial charge in [-0.25, -0.2) is 5.01 Å². The van der Waals surface area contributed by atoms with Crippen molar-refractivity contribution < 1.29 is 4.79 Å². The molecule has 5 fully saturated rings. The van der Waals surface area contributed by atoms with Crippen molar-refractivity contribution >= 4 is 18.3 Å². The van der Waals surface area contributed by atoms with Gasteiger partial charge in [-0.05, 0) is 69.1 Å². The highest BCUT2D eigenvalue weighted by Gasteiger charge is 2.54. The Balaban J connectivity index is 0.00000110. The van der Waals surface area contributed by atoms with Crippen molar-refractivity contribution in [1.29, 1.82) is 0 Å². The van der Waals surface area contributed by atoms with Crippen LogP contribution in [-0.2, 0) is 4.79 Å². The first kappa shape index (κ1) is 13.7. The minimum Gasteiger partial charge on any atom is -0.288 e. The van der Waals surface area contributed by atoms with Crippen molar-refractivity contribution in [3.8, 4) is 0 Å². The monoisotopic (exact) mass is 284 g/mol. The maximum absolute atomic E-state index is 12.7. The van der Waals surface area contributed by atoms with E-state index in [2.05, 4.69) is 10.4 Å². The van der Waals surface area contributed by atoms with Crippen LogP contribution in [0.1, 0.15) is 51.4 Å². The Bertz CT molecular complexity index is 330. The van der Waals surface area contributed by atoms with Gasteiger partial charge < -0.3 is 0 Å². The number of amides is 1. The number of hydrogen-bond acceptors (Lipinski definition) is 2. The molecule has 0 unspecified atom stereocenters. The van der Waals surface area contributed by atoms with Crippen LogP contribution in [0, 0.1) is 23.2 Å². The van der Waals surface area contributed by atoms with Crippen LogP contribution in [0.25, 0.3) is 0 Å². The second-order valence-corrected chi connectivity index (χ2v) is 7.33. The van der Waals surface area contributed by atoms with Gasteiger partial charge in [0.25, 0.3) is 0 Å². The Morgan fingerprint density at radius 3 is 1.89 bits per heavy atom. The number of hydrogen-bond donors (Lipinski definition) is 1. The number of nitrogens with one attached hydrogen (secondary N) is 1. The van der Waals surface area contributed by atoms with Gasteiger partial charge in [0, 0.05) is 13.1 Å². The molecular formula is C15H25ClN2O. The highest BCUT2D eigenvalue weighted by atomic mass is 35.5. The predicted molar refractivity (Wildman–Crippen MR) is 76.8 cm³/mol. The van der Waals surface area contributed by atoms with E-state index in [1.165, 1.54) is 51.4 Å². The minimum absolute atomic E-state index is 0. The molecule has 1 amide bonds. The summed E-state index contributed by atoms with van der Waals surface area (Å²) < 4.78 is 0. The van der Waals surface area contributed by atoms with Gasteiger partial charge in [-0.15, -0.1) is 12.4 Å². The van der Waals surface area contributed by atoms with Crippen LogP contribution in [0.2, 0.25) is 0 Å². The fourth-order valence-corrected chi connectivity index (χ4v) is 5.48. The maximum Gasteiger partial charge on any atom is 0.240 e. The Labute approximate surface area is 121 Å². The summed E-state index contributed by atoms with van der Waals surface area (Å²) in [4.78, 5) is 12.7. The molecule has 1 aliphatic heterocycles. The van der Waals surface area contributed by atoms with Gasteiger partial charge in [-0.1, -0.05) is 0 Å². The van der Waals surface area contributed by atoms with Crippen molar-refractivity contribution in [2.24, 2.45) is 23.2 Å². The van der Waals surface area contributed by atoms with Crippen molar-refractivity contribution in [2.45, 2.75) is 51.4 Å². The summed E-state index contributed by atoms with van der Waals surface area (Å²) in [6, 6.07) is 0. The highest BCUT2D eigenvalue weighted by molar-refractivity contribution is 5.85. The topological polar surface area (TPSA) is 32.3 Å². The van der Waals surface area contributed by atoms with Crippen LogP contribution < -0.4 is 5.43 Å². The molecule has 0 aromatic heterocycles. The van der Waals surface area contributed by atoms with Crippen LogP contribution in [0.5, 0.6) is 0 Å². The summed E-state index contributed by atoms with van der Waals surface area (Å²) in [6.07, 6.45) is 10.3. The number of rotatable bonds is 2. The minimum atomic E-state index is 0. The molecular weight excluding hydrogens is 260 g/mol. The van der Waals surface area contributed by atoms with E-state index in [9.17, 15) is 4.79 Å². The van der Waals surface area contributed by atoms with Crippen LogP contribution in [0.3, 0.4) is 0 Å². The van der Waals surface area contributed by atoms with Crippen molar-refractivity contribution in [2.75, 3.05) is 13.1 Å². The van der Waals surface area contributed by atoms with Gasteiger partial charge in [0.15, 0.2) is 0 Å². The standard InChI is InChI=1S/C15H24N2O.ClH/c18-14(16-17-3-1-2-4-17)15-8-11-5-12(9-15)7-13(6-11)10-15;/h11-13H,1-10H2,(H,16,18);1H. The van der Waals surface area contributed by atoms with Gasteiger partial charge in [-0.2, -0.15) is 0 Å². The first-order chi connectivity index (χ1) is 8.73. The molecule has 5 aliphatic rings. The summed E-state index contributed by atoms with van der Waals surface area (Å²) in [5.41, 5.74) is 3.26. The second-order valence-electron chi connectivity index (χ2n) is 7.33. The van der Waals surface area contributed by atoms with Gasteiger partial charge in [0.1, 0.15) is 0 Å². The van der Waals surface area contributed by atoms with Gasteiger partial charge >= 0.3 is 0 Å².